The number of hydrogen-bond acceptors (Lipinski definition) is 5. The Morgan fingerprint density at radius 2 is 1.59 bits per heavy atom. The first-order chi connectivity index (χ1) is 7.83. The lowest BCUT2D eigenvalue weighted by Gasteiger charge is -2.32. The standard InChI is InChI=1S/C10H22NO5P/c1-6-14-9(12)11-10(4,5)17(13,15-7-2)16-8-3/h6-8H2,1-5H3,(H,11,12). The lowest BCUT2D eigenvalue weighted by Crippen LogP contribution is -2.44. The Morgan fingerprint density at radius 1 is 1.12 bits per heavy atom. The maximum absolute atomic E-state index is 12.5. The third-order valence-electron chi connectivity index (χ3n) is 1.97. The lowest BCUT2D eigenvalue weighted by atomic mass is 10.4. The van der Waals surface area contributed by atoms with Crippen LogP contribution in [-0.4, -0.2) is 31.2 Å². The lowest BCUT2D eigenvalue weighted by molar-refractivity contribution is 0.139. The van der Waals surface area contributed by atoms with Gasteiger partial charge in [-0.15, -0.1) is 0 Å². The van der Waals surface area contributed by atoms with Crippen molar-refractivity contribution in [1.82, 2.24) is 5.32 Å². The maximum atomic E-state index is 12.5. The second-order valence-corrected chi connectivity index (χ2v) is 6.37. The number of carbonyl (C=O) groups is 1. The van der Waals surface area contributed by atoms with Crippen LogP contribution >= 0.6 is 7.60 Å². The van der Waals surface area contributed by atoms with E-state index >= 15 is 0 Å². The van der Waals surface area contributed by atoms with E-state index in [0.29, 0.717) is 0 Å². The van der Waals surface area contributed by atoms with Crippen molar-refractivity contribution in [2.45, 2.75) is 39.9 Å². The summed E-state index contributed by atoms with van der Waals surface area (Å²) in [6.45, 7) is 9.01. The van der Waals surface area contributed by atoms with Crippen LogP contribution in [-0.2, 0) is 18.3 Å². The van der Waals surface area contributed by atoms with E-state index in [4.69, 9.17) is 13.8 Å². The van der Waals surface area contributed by atoms with Crippen LogP contribution in [0.1, 0.15) is 34.6 Å². The molecule has 0 saturated carbocycles. The average molecular weight is 267 g/mol. The van der Waals surface area contributed by atoms with Gasteiger partial charge in [-0.2, -0.15) is 0 Å². The normalized spacial score (nSPS) is 12.3. The van der Waals surface area contributed by atoms with Gasteiger partial charge in [0.15, 0.2) is 0 Å². The van der Waals surface area contributed by atoms with E-state index in [-0.39, 0.29) is 19.8 Å². The summed E-state index contributed by atoms with van der Waals surface area (Å²) in [7, 11) is -3.41. The fourth-order valence-electron chi connectivity index (χ4n) is 1.19. The Labute approximate surface area is 103 Å². The largest absolute Gasteiger partial charge is 0.450 e. The fraction of sp³-hybridized carbons (Fsp3) is 0.900. The first kappa shape index (κ1) is 16.4. The molecule has 1 N–H and O–H groups in total. The van der Waals surface area contributed by atoms with Gasteiger partial charge in [0.05, 0.1) is 19.8 Å². The van der Waals surface area contributed by atoms with Crippen LogP contribution in [0.3, 0.4) is 0 Å². The minimum atomic E-state index is -3.41. The van der Waals surface area contributed by atoms with Crippen molar-refractivity contribution >= 4 is 13.7 Å². The molecule has 0 saturated heterocycles. The molecule has 0 aromatic rings. The van der Waals surface area contributed by atoms with Gasteiger partial charge in [-0.1, -0.05) is 0 Å². The minimum absolute atomic E-state index is 0.241. The second kappa shape index (κ2) is 6.99. The van der Waals surface area contributed by atoms with Crippen molar-refractivity contribution in [3.63, 3.8) is 0 Å². The van der Waals surface area contributed by atoms with Crippen molar-refractivity contribution in [1.29, 1.82) is 0 Å². The number of ether oxygens (including phenoxy) is 1. The molecule has 0 bridgehead atoms. The highest BCUT2D eigenvalue weighted by Gasteiger charge is 2.44. The first-order valence-electron chi connectivity index (χ1n) is 5.67. The van der Waals surface area contributed by atoms with Gasteiger partial charge in [0.25, 0.3) is 0 Å². The Bertz CT molecular complexity index is 282. The van der Waals surface area contributed by atoms with Crippen molar-refractivity contribution in [2.24, 2.45) is 0 Å². The number of rotatable bonds is 7. The molecule has 7 heteroatoms. The zero-order valence-corrected chi connectivity index (χ0v) is 12.0. The minimum Gasteiger partial charge on any atom is -0.450 e. The van der Waals surface area contributed by atoms with E-state index in [2.05, 4.69) is 5.32 Å². The number of amides is 1. The Hall–Kier alpha value is -0.580. The molecule has 0 aliphatic rings. The summed E-state index contributed by atoms with van der Waals surface area (Å²) < 4.78 is 27.6. The number of hydrogen-bond donors (Lipinski definition) is 1. The number of carbonyl (C=O) groups excluding carboxylic acids is 1. The van der Waals surface area contributed by atoms with E-state index in [1.807, 2.05) is 0 Å². The molecule has 0 aliphatic heterocycles. The van der Waals surface area contributed by atoms with Crippen LogP contribution < -0.4 is 5.32 Å². The third-order valence-corrected chi connectivity index (χ3v) is 4.64. The fourth-order valence-corrected chi connectivity index (χ4v) is 2.81. The van der Waals surface area contributed by atoms with Gasteiger partial charge in [-0.25, -0.2) is 4.79 Å². The monoisotopic (exact) mass is 267 g/mol. The van der Waals surface area contributed by atoms with Gasteiger partial charge in [0, 0.05) is 0 Å². The van der Waals surface area contributed by atoms with E-state index in [1.54, 1.807) is 34.6 Å². The quantitative estimate of drug-likeness (QED) is 0.718. The topological polar surface area (TPSA) is 73.9 Å². The highest BCUT2D eigenvalue weighted by Crippen LogP contribution is 2.58. The summed E-state index contributed by atoms with van der Waals surface area (Å²) in [4.78, 5) is 11.3. The predicted molar refractivity (Wildman–Crippen MR) is 65.1 cm³/mol. The van der Waals surface area contributed by atoms with E-state index in [1.165, 1.54) is 0 Å². The molecule has 102 valence electrons. The predicted octanol–water partition coefficient (Wildman–Crippen LogP) is 2.73. The Kier molecular flexibility index (Phi) is 6.75. The van der Waals surface area contributed by atoms with Gasteiger partial charge in [0.2, 0.25) is 0 Å². The molecule has 1 amide bonds. The van der Waals surface area contributed by atoms with Gasteiger partial charge in [-0.05, 0) is 34.6 Å². The van der Waals surface area contributed by atoms with Crippen molar-refractivity contribution in [2.75, 3.05) is 19.8 Å². The third kappa shape index (κ3) is 4.66. The van der Waals surface area contributed by atoms with Gasteiger partial charge in [-0.3, -0.25) is 4.57 Å². The second-order valence-electron chi connectivity index (χ2n) is 3.74. The van der Waals surface area contributed by atoms with Gasteiger partial charge in [0.1, 0.15) is 5.28 Å². The molecular formula is C10H22NO5P. The number of alkyl carbamates (subject to hydrolysis) is 1. The van der Waals surface area contributed by atoms with Crippen LogP contribution in [0.25, 0.3) is 0 Å². The molecule has 0 fully saturated rings. The van der Waals surface area contributed by atoms with Crippen LogP contribution in [0.15, 0.2) is 0 Å². The summed E-state index contributed by atoms with van der Waals surface area (Å²) in [5.74, 6) is 0. The molecule has 0 heterocycles. The van der Waals surface area contributed by atoms with Crippen LogP contribution in [0, 0.1) is 0 Å². The molecule has 0 atom stereocenters. The van der Waals surface area contributed by atoms with Crippen LogP contribution in [0.5, 0.6) is 0 Å². The van der Waals surface area contributed by atoms with E-state index < -0.39 is 19.0 Å². The zero-order valence-electron chi connectivity index (χ0n) is 11.1. The molecule has 0 aromatic heterocycles. The molecule has 0 spiro atoms. The van der Waals surface area contributed by atoms with E-state index in [0.717, 1.165) is 0 Å². The first-order valence-corrected chi connectivity index (χ1v) is 7.21. The smallest absolute Gasteiger partial charge is 0.408 e. The summed E-state index contributed by atoms with van der Waals surface area (Å²) in [5, 5.41) is 1.36. The molecule has 6 nitrogen and oxygen atoms in total. The molecule has 0 rings (SSSR count). The van der Waals surface area contributed by atoms with Gasteiger partial charge < -0.3 is 19.1 Å². The number of nitrogens with one attached hydrogen (secondary N) is 1. The SMILES string of the molecule is CCOC(=O)NC(C)(C)P(=O)(OCC)OCC. The van der Waals surface area contributed by atoms with Crippen molar-refractivity contribution in [3.05, 3.63) is 0 Å². The maximum Gasteiger partial charge on any atom is 0.408 e. The van der Waals surface area contributed by atoms with Crippen LogP contribution in [0.4, 0.5) is 4.79 Å². The summed E-state index contributed by atoms with van der Waals surface area (Å²) in [5.41, 5.74) is 0. The van der Waals surface area contributed by atoms with Crippen molar-refractivity contribution < 1.29 is 23.1 Å². The van der Waals surface area contributed by atoms with Gasteiger partial charge >= 0.3 is 13.7 Å². The molecule has 0 aliphatic carbocycles. The Balaban J connectivity index is 4.82. The molecular weight excluding hydrogens is 245 g/mol. The Morgan fingerprint density at radius 3 is 1.94 bits per heavy atom. The highest BCUT2D eigenvalue weighted by atomic mass is 31.2. The zero-order chi connectivity index (χ0) is 13.5. The highest BCUT2D eigenvalue weighted by molar-refractivity contribution is 7.55. The molecule has 0 unspecified atom stereocenters. The molecule has 0 aromatic carbocycles. The van der Waals surface area contributed by atoms with E-state index in [9.17, 15) is 9.36 Å². The molecule has 17 heavy (non-hydrogen) atoms. The van der Waals surface area contributed by atoms with Crippen molar-refractivity contribution in [3.8, 4) is 0 Å². The van der Waals surface area contributed by atoms with Crippen LogP contribution in [0.2, 0.25) is 0 Å². The average Bonchev–Trinajstić information content (AvgIpc) is 2.17. The molecule has 0 radical (unpaired) electrons. The summed E-state index contributed by atoms with van der Waals surface area (Å²) >= 11 is 0. The summed E-state index contributed by atoms with van der Waals surface area (Å²) in [6, 6.07) is 0. The summed E-state index contributed by atoms with van der Waals surface area (Å²) in [6.07, 6.45) is -0.642.